The van der Waals surface area contributed by atoms with Gasteiger partial charge >= 0.3 is 5.97 Å². The summed E-state index contributed by atoms with van der Waals surface area (Å²) < 4.78 is 26.8. The number of guanidine groups is 1. The Morgan fingerprint density at radius 2 is 2.00 bits per heavy atom. The minimum Gasteiger partial charge on any atom is -0.469 e. The van der Waals surface area contributed by atoms with Crippen LogP contribution in [-0.2, 0) is 19.4 Å². The van der Waals surface area contributed by atoms with E-state index in [1.54, 1.807) is 7.05 Å². The van der Waals surface area contributed by atoms with Crippen molar-refractivity contribution in [2.24, 2.45) is 4.99 Å². The fraction of sp³-hybridized carbons (Fsp3) is 0.846. The van der Waals surface area contributed by atoms with Crippen molar-refractivity contribution in [2.75, 3.05) is 32.7 Å². The van der Waals surface area contributed by atoms with Gasteiger partial charge in [-0.1, -0.05) is 0 Å². The number of rotatable bonds is 9. The number of carbonyl (C=O) groups is 1. The molecule has 1 unspecified atom stereocenters. The van der Waals surface area contributed by atoms with Gasteiger partial charge in [0.15, 0.2) is 5.96 Å². The third-order valence-corrected chi connectivity index (χ3v) is 3.83. The van der Waals surface area contributed by atoms with Crippen molar-refractivity contribution in [3.8, 4) is 0 Å². The highest BCUT2D eigenvalue weighted by Gasteiger charge is 2.09. The van der Waals surface area contributed by atoms with Crippen molar-refractivity contribution in [3.63, 3.8) is 0 Å². The Kier molecular flexibility index (Phi) is 9.77. The number of unbranched alkanes of at least 4 members (excludes halogenated alkanes) is 1. The number of hydrogen-bond acceptors (Lipinski definition) is 5. The molecule has 0 aliphatic carbocycles. The van der Waals surface area contributed by atoms with E-state index >= 15 is 0 Å². The van der Waals surface area contributed by atoms with E-state index in [4.69, 9.17) is 0 Å². The molecule has 124 valence electrons. The van der Waals surface area contributed by atoms with Crippen LogP contribution in [0, 0.1) is 0 Å². The van der Waals surface area contributed by atoms with Crippen molar-refractivity contribution in [1.82, 2.24) is 10.6 Å². The lowest BCUT2D eigenvalue weighted by atomic mass is 10.2. The number of carbonyl (C=O) groups excluding carboxylic acids is 1. The quantitative estimate of drug-likeness (QED) is 0.275. The summed E-state index contributed by atoms with van der Waals surface area (Å²) in [7, 11) is 0.0982. The van der Waals surface area contributed by atoms with Gasteiger partial charge < -0.3 is 15.4 Å². The molecule has 2 N–H and O–H groups in total. The van der Waals surface area contributed by atoms with Crippen LogP contribution in [0.5, 0.6) is 0 Å². The average molecular weight is 321 g/mol. The number of nitrogens with zero attached hydrogens (tertiary/aromatic N) is 1. The van der Waals surface area contributed by atoms with Crippen molar-refractivity contribution in [1.29, 1.82) is 0 Å². The molecule has 0 aromatic rings. The summed E-state index contributed by atoms with van der Waals surface area (Å²) in [6.07, 6.45) is 3.75. The van der Waals surface area contributed by atoms with Crippen LogP contribution < -0.4 is 10.6 Å². The van der Waals surface area contributed by atoms with Crippen LogP contribution in [0.25, 0.3) is 0 Å². The van der Waals surface area contributed by atoms with E-state index in [9.17, 15) is 13.2 Å². The second kappa shape index (κ2) is 10.4. The normalized spacial score (nSPS) is 13.6. The van der Waals surface area contributed by atoms with Gasteiger partial charge in [0.2, 0.25) is 0 Å². The molecule has 0 aromatic carbocycles. The summed E-state index contributed by atoms with van der Waals surface area (Å²) in [4.78, 5) is 15.0. The fourth-order valence-corrected chi connectivity index (χ4v) is 2.38. The van der Waals surface area contributed by atoms with Gasteiger partial charge in [-0.25, -0.2) is 8.42 Å². The molecule has 0 heterocycles. The molecule has 0 fully saturated rings. The maximum absolute atomic E-state index is 11.1. The molecule has 21 heavy (non-hydrogen) atoms. The van der Waals surface area contributed by atoms with Gasteiger partial charge in [0, 0.05) is 32.3 Å². The molecule has 1 atom stereocenters. The fourth-order valence-electron chi connectivity index (χ4n) is 1.59. The van der Waals surface area contributed by atoms with Crippen molar-refractivity contribution < 1.29 is 17.9 Å². The largest absolute Gasteiger partial charge is 0.469 e. The Hall–Kier alpha value is -1.31. The number of methoxy groups -OCH3 is 1. The zero-order chi connectivity index (χ0) is 16.3. The van der Waals surface area contributed by atoms with Gasteiger partial charge in [-0.3, -0.25) is 9.79 Å². The molecule has 0 saturated carbocycles. The Balaban J connectivity index is 3.88. The first-order chi connectivity index (χ1) is 9.78. The van der Waals surface area contributed by atoms with E-state index in [2.05, 4.69) is 20.4 Å². The van der Waals surface area contributed by atoms with Crippen LogP contribution in [0.4, 0.5) is 0 Å². The molecule has 0 bridgehead atoms. The minimum absolute atomic E-state index is 0.0148. The predicted octanol–water partition coefficient (Wildman–Crippen LogP) is 0.318. The van der Waals surface area contributed by atoms with Crippen LogP contribution in [0.2, 0.25) is 0 Å². The highest BCUT2D eigenvalue weighted by molar-refractivity contribution is 7.90. The van der Waals surface area contributed by atoms with Gasteiger partial charge in [0.1, 0.15) is 9.84 Å². The lowest BCUT2D eigenvalue weighted by molar-refractivity contribution is -0.140. The number of aliphatic imine (C=N–C) groups is 1. The molecular formula is C13H27N3O4S. The molecule has 7 nitrogen and oxygen atoms in total. The summed E-state index contributed by atoms with van der Waals surface area (Å²) in [6, 6.07) is 0.0148. The first-order valence-corrected chi connectivity index (χ1v) is 9.06. The maximum Gasteiger partial charge on any atom is 0.305 e. The van der Waals surface area contributed by atoms with E-state index in [-0.39, 0.29) is 17.8 Å². The zero-order valence-corrected chi connectivity index (χ0v) is 14.1. The smallest absolute Gasteiger partial charge is 0.305 e. The Bertz CT molecular complexity index is 435. The predicted molar refractivity (Wildman–Crippen MR) is 84.2 cm³/mol. The van der Waals surface area contributed by atoms with Gasteiger partial charge in [-0.2, -0.15) is 0 Å². The van der Waals surface area contributed by atoms with Crippen LogP contribution >= 0.6 is 0 Å². The highest BCUT2D eigenvalue weighted by Crippen LogP contribution is 1.97. The Morgan fingerprint density at radius 3 is 2.52 bits per heavy atom. The summed E-state index contributed by atoms with van der Waals surface area (Å²) in [5.41, 5.74) is 0. The lowest BCUT2D eigenvalue weighted by Gasteiger charge is -2.17. The lowest BCUT2D eigenvalue weighted by Crippen LogP contribution is -2.43. The third kappa shape index (κ3) is 12.2. The van der Waals surface area contributed by atoms with E-state index in [1.807, 2.05) is 6.92 Å². The van der Waals surface area contributed by atoms with Gasteiger partial charge in [-0.15, -0.1) is 0 Å². The van der Waals surface area contributed by atoms with E-state index < -0.39 is 9.84 Å². The van der Waals surface area contributed by atoms with E-state index in [0.717, 1.165) is 12.8 Å². The van der Waals surface area contributed by atoms with Crippen molar-refractivity contribution in [2.45, 2.75) is 38.6 Å². The molecule has 8 heteroatoms. The molecule has 0 saturated heterocycles. The molecule has 0 aromatic heterocycles. The van der Waals surface area contributed by atoms with Crippen LogP contribution in [0.3, 0.4) is 0 Å². The standard InChI is InChI=1S/C13H27N3O4S/c1-11(8-10-21(4,18)19)16-13(14-2)15-9-6-5-7-12(17)20-3/h11H,5-10H2,1-4H3,(H2,14,15,16). The number of hydrogen-bond donors (Lipinski definition) is 2. The average Bonchev–Trinajstić information content (AvgIpc) is 2.42. The topological polar surface area (TPSA) is 96.9 Å². The summed E-state index contributed by atoms with van der Waals surface area (Å²) in [6.45, 7) is 2.60. The second-order valence-electron chi connectivity index (χ2n) is 5.00. The first kappa shape index (κ1) is 19.7. The minimum atomic E-state index is -2.94. The summed E-state index contributed by atoms with van der Waals surface area (Å²) in [5, 5.41) is 6.26. The van der Waals surface area contributed by atoms with Gasteiger partial charge in [-0.05, 0) is 26.2 Å². The van der Waals surface area contributed by atoms with E-state index in [0.29, 0.717) is 25.3 Å². The van der Waals surface area contributed by atoms with Crippen LogP contribution in [-0.4, -0.2) is 59.1 Å². The summed E-state index contributed by atoms with van der Waals surface area (Å²) >= 11 is 0. The monoisotopic (exact) mass is 321 g/mol. The Labute approximate surface area is 127 Å². The first-order valence-electron chi connectivity index (χ1n) is 7.00. The number of sulfone groups is 1. The zero-order valence-electron chi connectivity index (χ0n) is 13.3. The third-order valence-electron chi connectivity index (χ3n) is 2.86. The Morgan fingerprint density at radius 1 is 1.33 bits per heavy atom. The summed E-state index contributed by atoms with van der Waals surface area (Å²) in [5.74, 6) is 0.582. The van der Waals surface area contributed by atoms with Crippen molar-refractivity contribution in [3.05, 3.63) is 0 Å². The molecule has 0 rings (SSSR count). The van der Waals surface area contributed by atoms with Crippen LogP contribution in [0.1, 0.15) is 32.6 Å². The highest BCUT2D eigenvalue weighted by atomic mass is 32.2. The maximum atomic E-state index is 11.1. The second-order valence-corrected chi connectivity index (χ2v) is 7.26. The molecule has 0 aliphatic rings. The number of esters is 1. The number of ether oxygens (including phenoxy) is 1. The van der Waals surface area contributed by atoms with Crippen molar-refractivity contribution >= 4 is 21.8 Å². The number of nitrogens with one attached hydrogen (secondary N) is 2. The van der Waals surface area contributed by atoms with Gasteiger partial charge in [0.25, 0.3) is 0 Å². The molecule has 0 radical (unpaired) electrons. The van der Waals surface area contributed by atoms with E-state index in [1.165, 1.54) is 13.4 Å². The molecular weight excluding hydrogens is 294 g/mol. The molecule has 0 aliphatic heterocycles. The van der Waals surface area contributed by atoms with Gasteiger partial charge in [0.05, 0.1) is 12.9 Å². The molecule has 0 amide bonds. The molecule has 0 spiro atoms. The SMILES string of the molecule is CN=C(NCCCCC(=O)OC)NC(C)CCS(C)(=O)=O. The van der Waals surface area contributed by atoms with Crippen LogP contribution in [0.15, 0.2) is 4.99 Å².